The molecule has 3 aromatic carbocycles. The molecular formula is C27H36NO2PSi2. The monoisotopic (exact) mass is 493 g/mol. The second-order valence-corrected chi connectivity index (χ2v) is 17.9. The molecule has 0 saturated carbocycles. The Morgan fingerprint density at radius 1 is 0.697 bits per heavy atom. The van der Waals surface area contributed by atoms with Gasteiger partial charge in [-0.05, 0) is 42.6 Å². The van der Waals surface area contributed by atoms with Crippen molar-refractivity contribution in [1.29, 1.82) is 0 Å². The lowest BCUT2D eigenvalue weighted by Crippen LogP contribution is -2.32. The van der Waals surface area contributed by atoms with Crippen molar-refractivity contribution in [3.05, 3.63) is 90.0 Å². The van der Waals surface area contributed by atoms with Crippen LogP contribution < -0.4 is 10.6 Å². The van der Waals surface area contributed by atoms with Gasteiger partial charge in [0.25, 0.3) is 0 Å². The fraction of sp³-hybridized carbons (Fsp3) is 0.333. The Morgan fingerprint density at radius 2 is 1.15 bits per heavy atom. The van der Waals surface area contributed by atoms with Crippen LogP contribution in [0.15, 0.2) is 83.5 Å². The van der Waals surface area contributed by atoms with E-state index in [1.165, 1.54) is 21.7 Å². The summed E-state index contributed by atoms with van der Waals surface area (Å²) in [5.41, 5.74) is 3.58. The molecule has 0 saturated heterocycles. The van der Waals surface area contributed by atoms with Crippen LogP contribution in [0.4, 0.5) is 5.69 Å². The fourth-order valence-corrected chi connectivity index (χ4v) is 9.53. The molecule has 0 radical (unpaired) electrons. The van der Waals surface area contributed by atoms with E-state index in [4.69, 9.17) is 13.0 Å². The number of hydrogen-bond acceptors (Lipinski definition) is 3. The molecule has 0 spiro atoms. The van der Waals surface area contributed by atoms with Gasteiger partial charge >= 0.3 is 9.08 Å². The fourth-order valence-electron chi connectivity index (χ4n) is 3.52. The third kappa shape index (κ3) is 7.20. The lowest BCUT2D eigenvalue weighted by atomic mass is 9.93. The van der Waals surface area contributed by atoms with Crippen LogP contribution in [0.25, 0.3) is 0 Å². The molecule has 0 fully saturated rings. The van der Waals surface area contributed by atoms with Gasteiger partial charge in [-0.2, -0.15) is 0 Å². The maximum Gasteiger partial charge on any atom is 0.607 e. The minimum absolute atomic E-state index is 0.377. The highest BCUT2D eigenvalue weighted by atomic mass is 31.1. The molecule has 0 atom stereocenters. The van der Waals surface area contributed by atoms with E-state index in [1.54, 1.807) is 0 Å². The topological polar surface area (TPSA) is 30.8 Å². The number of nitrogens with zero attached hydrogens (tertiary/aromatic N) is 1. The largest absolute Gasteiger partial charge is 0.607 e. The van der Waals surface area contributed by atoms with Gasteiger partial charge in [0, 0.05) is 10.6 Å². The van der Waals surface area contributed by atoms with E-state index in [9.17, 15) is 0 Å². The Bertz CT molecular complexity index is 999. The molecule has 3 nitrogen and oxygen atoms in total. The standard InChI is InChI=1S/C27H36NO2PSi2/c1-21(2)25-19-14-20-26(22(3)4)27(25)28-32(30-33(5,6)7)29-31(23-15-10-8-11-16-23)24-17-12-9-13-18-24/h8-22H,1-7H3. The van der Waals surface area contributed by atoms with Crippen LogP contribution >= 0.6 is 8.15 Å². The SMILES string of the molecule is CC(C)c1cccc(C(C)C)c1N=[Si](OP(c1ccccc1)c1ccccc1)O[Si](C)(C)C. The minimum atomic E-state index is -1.94. The summed E-state index contributed by atoms with van der Waals surface area (Å²) in [6, 6.07) is 27.5. The molecule has 0 unspecified atom stereocenters. The van der Waals surface area contributed by atoms with Gasteiger partial charge in [0.15, 0.2) is 0 Å². The zero-order valence-electron chi connectivity index (χ0n) is 20.9. The highest BCUT2D eigenvalue weighted by Crippen LogP contribution is 2.38. The van der Waals surface area contributed by atoms with Crippen molar-refractivity contribution in [3.8, 4) is 0 Å². The first-order valence-electron chi connectivity index (χ1n) is 11.6. The van der Waals surface area contributed by atoms with Gasteiger partial charge in [0.05, 0.1) is 5.69 Å². The van der Waals surface area contributed by atoms with Gasteiger partial charge in [-0.3, -0.25) is 0 Å². The molecule has 174 valence electrons. The van der Waals surface area contributed by atoms with Crippen molar-refractivity contribution in [1.82, 2.24) is 0 Å². The predicted octanol–water partition coefficient (Wildman–Crippen LogP) is 7.73. The molecule has 0 N–H and O–H groups in total. The highest BCUT2D eigenvalue weighted by Gasteiger charge is 2.28. The van der Waals surface area contributed by atoms with E-state index >= 15 is 0 Å². The molecule has 33 heavy (non-hydrogen) atoms. The van der Waals surface area contributed by atoms with Crippen LogP contribution in [-0.4, -0.2) is 17.4 Å². The highest BCUT2D eigenvalue weighted by molar-refractivity contribution is 7.69. The molecular weight excluding hydrogens is 457 g/mol. The van der Waals surface area contributed by atoms with Crippen LogP contribution in [0.2, 0.25) is 19.6 Å². The van der Waals surface area contributed by atoms with E-state index in [0.717, 1.165) is 5.69 Å². The van der Waals surface area contributed by atoms with Crippen molar-refractivity contribution < 1.29 is 8.33 Å². The quantitative estimate of drug-likeness (QED) is 0.225. The molecule has 0 aliphatic rings. The Hall–Kier alpha value is -2.08. The summed E-state index contributed by atoms with van der Waals surface area (Å²) in [7, 11) is -4.88. The molecule has 0 heterocycles. The maximum atomic E-state index is 6.88. The summed E-state index contributed by atoms with van der Waals surface area (Å²) in [6.07, 6.45) is 0. The molecule has 0 aliphatic heterocycles. The van der Waals surface area contributed by atoms with E-state index in [0.29, 0.717) is 11.8 Å². The second-order valence-electron chi connectivity index (χ2n) is 9.74. The molecule has 6 heteroatoms. The maximum absolute atomic E-state index is 6.88. The lowest BCUT2D eigenvalue weighted by molar-refractivity contribution is 0.468. The Balaban J connectivity index is 2.15. The van der Waals surface area contributed by atoms with Gasteiger partial charge in [-0.25, -0.2) is 4.63 Å². The summed E-state index contributed by atoms with van der Waals surface area (Å²) >= 11 is 0. The second kappa shape index (κ2) is 11.4. The van der Waals surface area contributed by atoms with Crippen molar-refractivity contribution in [3.63, 3.8) is 0 Å². The van der Waals surface area contributed by atoms with E-state index in [-0.39, 0.29) is 0 Å². The van der Waals surface area contributed by atoms with Crippen LogP contribution in [0.5, 0.6) is 0 Å². The van der Waals surface area contributed by atoms with Crippen LogP contribution in [0.1, 0.15) is 50.7 Å². The normalized spacial score (nSPS) is 12.5. The predicted molar refractivity (Wildman–Crippen MR) is 147 cm³/mol. The van der Waals surface area contributed by atoms with Crippen molar-refractivity contribution in [2.45, 2.75) is 59.2 Å². The first-order chi connectivity index (χ1) is 15.7. The smallest absolute Gasteiger partial charge is 0.565 e. The third-order valence-electron chi connectivity index (χ3n) is 5.09. The summed E-state index contributed by atoms with van der Waals surface area (Å²) in [5, 5.41) is 2.36. The molecule has 0 aromatic heterocycles. The van der Waals surface area contributed by atoms with E-state index < -0.39 is 25.5 Å². The summed E-state index contributed by atoms with van der Waals surface area (Å²) < 4.78 is 18.8. The zero-order chi connectivity index (χ0) is 24.0. The van der Waals surface area contributed by atoms with E-state index in [2.05, 4.69) is 114 Å². The van der Waals surface area contributed by atoms with Crippen molar-refractivity contribution in [2.24, 2.45) is 4.63 Å². The Morgan fingerprint density at radius 3 is 1.55 bits per heavy atom. The van der Waals surface area contributed by atoms with Crippen LogP contribution in [0, 0.1) is 0 Å². The average Bonchev–Trinajstić information content (AvgIpc) is 2.77. The van der Waals surface area contributed by atoms with Crippen LogP contribution in [0.3, 0.4) is 0 Å². The summed E-state index contributed by atoms with van der Waals surface area (Å²) in [5.74, 6) is 0.754. The van der Waals surface area contributed by atoms with Gasteiger partial charge in [-0.1, -0.05) is 107 Å². The summed E-state index contributed by atoms with van der Waals surface area (Å²) in [4.78, 5) is 0. The number of rotatable bonds is 9. The van der Waals surface area contributed by atoms with Gasteiger partial charge in [-0.15, -0.1) is 0 Å². The minimum Gasteiger partial charge on any atom is -0.565 e. The first-order valence-corrected chi connectivity index (χ1v) is 17.6. The summed E-state index contributed by atoms with van der Waals surface area (Å²) in [6.45, 7) is 15.5. The molecule has 0 bridgehead atoms. The molecule has 0 amide bonds. The average molecular weight is 494 g/mol. The lowest BCUT2D eigenvalue weighted by Gasteiger charge is -2.26. The van der Waals surface area contributed by atoms with E-state index in [1.807, 2.05) is 12.1 Å². The van der Waals surface area contributed by atoms with Gasteiger partial charge in [0.1, 0.15) is 8.15 Å². The number of hydrogen-bond donors (Lipinski definition) is 0. The van der Waals surface area contributed by atoms with Crippen molar-refractivity contribution >= 4 is 41.8 Å². The van der Waals surface area contributed by atoms with Gasteiger partial charge in [0.2, 0.25) is 8.32 Å². The third-order valence-corrected chi connectivity index (χ3v) is 11.5. The zero-order valence-corrected chi connectivity index (χ0v) is 23.8. The molecule has 0 aliphatic carbocycles. The Labute approximate surface area is 203 Å². The first kappa shape index (κ1) is 25.5. The van der Waals surface area contributed by atoms with Crippen molar-refractivity contribution in [2.75, 3.05) is 0 Å². The van der Waals surface area contributed by atoms with Gasteiger partial charge < -0.3 is 8.33 Å². The number of benzene rings is 3. The Kier molecular flexibility index (Phi) is 8.80. The molecule has 3 aromatic rings. The van der Waals surface area contributed by atoms with Crippen LogP contribution in [-0.2, 0) is 8.33 Å². The molecule has 3 rings (SSSR count).